The lowest BCUT2D eigenvalue weighted by Gasteiger charge is -2.31. The van der Waals surface area contributed by atoms with Crippen LogP contribution in [0.3, 0.4) is 0 Å². The molecule has 1 aliphatic rings. The lowest BCUT2D eigenvalue weighted by molar-refractivity contribution is -0.122. The molecule has 0 aliphatic carbocycles. The standard InChI is InChI=1S/C20H25N3O3S2/c1-3-26-19(25)22-10-8-16(9-11-22)21-18(24)12-23-17(13-28-20(23)27)15-6-4-14(2)5-7-15/h4-7,13,16H,3,8-12H2,1-2H3,(H,21,24). The summed E-state index contributed by atoms with van der Waals surface area (Å²) in [6.45, 7) is 5.60. The number of aryl methyl sites for hydroxylation is 1. The highest BCUT2D eigenvalue weighted by atomic mass is 32.1. The van der Waals surface area contributed by atoms with Crippen LogP contribution < -0.4 is 5.32 Å². The minimum Gasteiger partial charge on any atom is -0.450 e. The number of rotatable bonds is 5. The van der Waals surface area contributed by atoms with E-state index < -0.39 is 0 Å². The molecule has 1 aliphatic heterocycles. The molecule has 0 spiro atoms. The fraction of sp³-hybridized carbons (Fsp3) is 0.450. The number of thiazole rings is 1. The number of piperidine rings is 1. The molecule has 0 radical (unpaired) electrons. The van der Waals surface area contributed by atoms with E-state index >= 15 is 0 Å². The first kappa shape index (κ1) is 20.5. The topological polar surface area (TPSA) is 63.6 Å². The Hall–Kier alpha value is -2.19. The molecule has 0 atom stereocenters. The van der Waals surface area contributed by atoms with Crippen molar-refractivity contribution in [2.45, 2.75) is 39.3 Å². The molecule has 1 fully saturated rings. The molecule has 0 unspecified atom stereocenters. The Labute approximate surface area is 174 Å². The number of carbonyl (C=O) groups is 2. The number of ether oxygens (including phenoxy) is 1. The van der Waals surface area contributed by atoms with Gasteiger partial charge in [0.15, 0.2) is 3.95 Å². The Morgan fingerprint density at radius 1 is 1.25 bits per heavy atom. The zero-order valence-corrected chi connectivity index (χ0v) is 17.8. The van der Waals surface area contributed by atoms with Crippen LogP contribution in [-0.4, -0.2) is 47.2 Å². The smallest absolute Gasteiger partial charge is 0.409 e. The van der Waals surface area contributed by atoms with Crippen molar-refractivity contribution in [3.8, 4) is 11.3 Å². The Bertz CT molecular complexity index is 881. The molecule has 3 rings (SSSR count). The van der Waals surface area contributed by atoms with Crippen LogP contribution in [0.2, 0.25) is 0 Å². The molecule has 28 heavy (non-hydrogen) atoms. The molecule has 2 aromatic rings. The zero-order chi connectivity index (χ0) is 20.1. The second-order valence-corrected chi connectivity index (χ2v) is 8.37. The number of hydrogen-bond donors (Lipinski definition) is 1. The molecule has 1 aromatic carbocycles. The highest BCUT2D eigenvalue weighted by Crippen LogP contribution is 2.24. The third kappa shape index (κ3) is 4.99. The molecule has 1 saturated heterocycles. The Kier molecular flexibility index (Phi) is 6.85. The van der Waals surface area contributed by atoms with Gasteiger partial charge in [-0.05, 0) is 44.5 Å². The van der Waals surface area contributed by atoms with E-state index in [1.54, 1.807) is 11.8 Å². The van der Waals surface area contributed by atoms with Crippen molar-refractivity contribution < 1.29 is 14.3 Å². The van der Waals surface area contributed by atoms with E-state index in [0.29, 0.717) is 23.7 Å². The van der Waals surface area contributed by atoms with Crippen LogP contribution in [0.1, 0.15) is 25.3 Å². The van der Waals surface area contributed by atoms with E-state index in [1.165, 1.54) is 16.9 Å². The number of nitrogens with one attached hydrogen (secondary N) is 1. The molecule has 0 bridgehead atoms. The van der Waals surface area contributed by atoms with Crippen molar-refractivity contribution >= 4 is 35.6 Å². The predicted molar refractivity (Wildman–Crippen MR) is 113 cm³/mol. The lowest BCUT2D eigenvalue weighted by Crippen LogP contribution is -2.47. The molecule has 6 nitrogen and oxygen atoms in total. The van der Waals surface area contributed by atoms with Gasteiger partial charge in [-0.1, -0.05) is 29.8 Å². The fourth-order valence-electron chi connectivity index (χ4n) is 3.27. The Balaban J connectivity index is 1.59. The molecule has 2 heterocycles. The summed E-state index contributed by atoms with van der Waals surface area (Å²) < 4.78 is 7.60. The minimum atomic E-state index is -0.278. The van der Waals surface area contributed by atoms with Crippen LogP contribution >= 0.6 is 23.6 Å². The summed E-state index contributed by atoms with van der Waals surface area (Å²) in [5.74, 6) is -0.0579. The molecule has 1 N–H and O–H groups in total. The van der Waals surface area contributed by atoms with Gasteiger partial charge in [0.05, 0.1) is 12.3 Å². The molecule has 150 valence electrons. The summed E-state index contributed by atoms with van der Waals surface area (Å²) >= 11 is 6.90. The van der Waals surface area contributed by atoms with E-state index in [2.05, 4.69) is 17.4 Å². The highest BCUT2D eigenvalue weighted by molar-refractivity contribution is 7.73. The largest absolute Gasteiger partial charge is 0.450 e. The first-order valence-electron chi connectivity index (χ1n) is 9.44. The van der Waals surface area contributed by atoms with Gasteiger partial charge in [0.1, 0.15) is 6.54 Å². The summed E-state index contributed by atoms with van der Waals surface area (Å²) in [6.07, 6.45) is 1.18. The van der Waals surface area contributed by atoms with Crippen LogP contribution in [0.5, 0.6) is 0 Å². The minimum absolute atomic E-state index is 0.0579. The lowest BCUT2D eigenvalue weighted by atomic mass is 10.1. The van der Waals surface area contributed by atoms with Crippen LogP contribution in [0.4, 0.5) is 4.79 Å². The van der Waals surface area contributed by atoms with Gasteiger partial charge >= 0.3 is 6.09 Å². The number of hydrogen-bond acceptors (Lipinski definition) is 5. The normalized spacial score (nSPS) is 14.7. The maximum Gasteiger partial charge on any atom is 0.409 e. The molecule has 0 saturated carbocycles. The second kappa shape index (κ2) is 9.34. The number of likely N-dealkylation sites (tertiary alicyclic amines) is 1. The van der Waals surface area contributed by atoms with Crippen LogP contribution in [0, 0.1) is 10.9 Å². The van der Waals surface area contributed by atoms with Gasteiger partial charge in [0.2, 0.25) is 5.91 Å². The maximum atomic E-state index is 12.6. The average molecular weight is 420 g/mol. The number of aromatic nitrogens is 1. The third-order valence-corrected chi connectivity index (χ3v) is 6.09. The fourth-order valence-corrected chi connectivity index (χ4v) is 4.34. The first-order chi connectivity index (χ1) is 13.5. The van der Waals surface area contributed by atoms with E-state index in [0.717, 1.165) is 24.1 Å². The number of carbonyl (C=O) groups excluding carboxylic acids is 2. The molecular weight excluding hydrogens is 394 g/mol. The Morgan fingerprint density at radius 3 is 2.57 bits per heavy atom. The zero-order valence-electron chi connectivity index (χ0n) is 16.1. The van der Waals surface area contributed by atoms with Crippen LogP contribution in [0.25, 0.3) is 11.3 Å². The van der Waals surface area contributed by atoms with Crippen molar-refractivity contribution in [1.29, 1.82) is 0 Å². The maximum absolute atomic E-state index is 12.6. The van der Waals surface area contributed by atoms with E-state index in [9.17, 15) is 9.59 Å². The summed E-state index contributed by atoms with van der Waals surface area (Å²) in [5, 5.41) is 5.08. The van der Waals surface area contributed by atoms with Crippen molar-refractivity contribution in [3.63, 3.8) is 0 Å². The molecular formula is C20H25N3O3S2. The predicted octanol–water partition coefficient (Wildman–Crippen LogP) is 3.99. The summed E-state index contributed by atoms with van der Waals surface area (Å²) in [5.41, 5.74) is 3.20. The van der Waals surface area contributed by atoms with Gasteiger partial charge in [-0.25, -0.2) is 4.79 Å². The van der Waals surface area contributed by atoms with Gasteiger partial charge in [-0.3, -0.25) is 4.79 Å². The van der Waals surface area contributed by atoms with Crippen molar-refractivity contribution in [2.75, 3.05) is 19.7 Å². The second-order valence-electron chi connectivity index (χ2n) is 6.87. The van der Waals surface area contributed by atoms with Gasteiger partial charge in [-0.15, -0.1) is 11.3 Å². The first-order valence-corrected chi connectivity index (χ1v) is 10.7. The SMILES string of the molecule is CCOC(=O)N1CCC(NC(=O)Cn2c(-c3ccc(C)cc3)csc2=S)CC1. The molecule has 8 heteroatoms. The van der Waals surface area contributed by atoms with Crippen LogP contribution in [0.15, 0.2) is 29.6 Å². The summed E-state index contributed by atoms with van der Waals surface area (Å²) in [6, 6.07) is 8.27. The highest BCUT2D eigenvalue weighted by Gasteiger charge is 2.24. The van der Waals surface area contributed by atoms with E-state index in [-0.39, 0.29) is 24.6 Å². The number of benzene rings is 1. The summed E-state index contributed by atoms with van der Waals surface area (Å²) in [4.78, 5) is 26.1. The monoisotopic (exact) mass is 419 g/mol. The number of nitrogens with zero attached hydrogens (tertiary/aromatic N) is 2. The summed E-state index contributed by atoms with van der Waals surface area (Å²) in [7, 11) is 0. The molecule has 1 aromatic heterocycles. The van der Waals surface area contributed by atoms with Crippen molar-refractivity contribution in [3.05, 3.63) is 39.2 Å². The van der Waals surface area contributed by atoms with E-state index in [4.69, 9.17) is 17.0 Å². The number of amides is 2. The van der Waals surface area contributed by atoms with Gasteiger partial charge in [-0.2, -0.15) is 0 Å². The van der Waals surface area contributed by atoms with Gasteiger partial charge in [0.25, 0.3) is 0 Å². The van der Waals surface area contributed by atoms with Crippen molar-refractivity contribution in [2.24, 2.45) is 0 Å². The van der Waals surface area contributed by atoms with Gasteiger partial charge < -0.3 is 19.5 Å². The van der Waals surface area contributed by atoms with Crippen LogP contribution in [-0.2, 0) is 16.1 Å². The third-order valence-electron chi connectivity index (χ3n) is 4.82. The quantitative estimate of drug-likeness (QED) is 0.745. The average Bonchev–Trinajstić information content (AvgIpc) is 3.03. The van der Waals surface area contributed by atoms with Gasteiger partial charge in [0, 0.05) is 24.5 Å². The molecule has 2 amide bonds. The van der Waals surface area contributed by atoms with Crippen molar-refractivity contribution in [1.82, 2.24) is 14.8 Å². The Morgan fingerprint density at radius 2 is 1.93 bits per heavy atom. The van der Waals surface area contributed by atoms with E-state index in [1.807, 2.05) is 29.0 Å².